The molecule has 1 rings (SSSR count). The Morgan fingerprint density at radius 3 is 2.73 bits per heavy atom. The van der Waals surface area contributed by atoms with E-state index in [0.717, 1.165) is 25.0 Å². The van der Waals surface area contributed by atoms with Crippen LogP contribution in [0.25, 0.3) is 0 Å². The maximum absolute atomic E-state index is 5.70. The number of aromatic nitrogens is 1. The highest BCUT2D eigenvalue weighted by Gasteiger charge is 2.14. The van der Waals surface area contributed by atoms with Gasteiger partial charge in [0.25, 0.3) is 0 Å². The molecule has 2 nitrogen and oxygen atoms in total. The number of pyridine rings is 1. The van der Waals surface area contributed by atoms with Crippen molar-refractivity contribution in [2.45, 2.75) is 32.1 Å². The van der Waals surface area contributed by atoms with Crippen molar-refractivity contribution in [1.29, 1.82) is 0 Å². The van der Waals surface area contributed by atoms with Crippen molar-refractivity contribution < 1.29 is 0 Å². The number of hydrogen-bond acceptors (Lipinski definition) is 2. The van der Waals surface area contributed by atoms with Gasteiger partial charge in [0, 0.05) is 6.20 Å². The van der Waals surface area contributed by atoms with Crippen molar-refractivity contribution in [1.82, 2.24) is 4.98 Å². The Balaban J connectivity index is 0.00000196. The van der Waals surface area contributed by atoms with Crippen molar-refractivity contribution in [3.8, 4) is 0 Å². The first-order valence-corrected chi connectivity index (χ1v) is 5.36. The first-order valence-electron chi connectivity index (χ1n) is 4.96. The fourth-order valence-electron chi connectivity index (χ4n) is 1.43. The van der Waals surface area contributed by atoms with Gasteiger partial charge in [-0.2, -0.15) is 0 Å². The molecule has 1 aromatic rings. The van der Waals surface area contributed by atoms with E-state index in [1.807, 2.05) is 18.2 Å². The van der Waals surface area contributed by atoms with Gasteiger partial charge in [-0.25, -0.2) is 0 Å². The Morgan fingerprint density at radius 2 is 2.27 bits per heavy atom. The monoisotopic (exact) mass is 244 g/mol. The number of unbranched alkanes of at least 4 members (excludes halogenated alkanes) is 1. The fraction of sp³-hybridized carbons (Fsp3) is 0.455. The fourth-order valence-corrected chi connectivity index (χ4v) is 1.66. The first-order chi connectivity index (χ1) is 6.75. The predicted molar refractivity (Wildman–Crippen MR) is 70.5 cm³/mol. The third-order valence-electron chi connectivity index (χ3n) is 2.23. The third kappa shape index (κ3) is 4.58. The molecule has 0 aliphatic heterocycles. The normalized spacial score (nSPS) is 11.5. The molecular weight excluding hydrogens is 228 g/mol. The van der Waals surface area contributed by atoms with Crippen LogP contribution in [0.3, 0.4) is 0 Å². The van der Waals surface area contributed by atoms with E-state index in [1.165, 1.54) is 0 Å². The number of nitrogens with zero attached hydrogens (tertiary/aromatic N) is 1. The van der Waals surface area contributed by atoms with Crippen LogP contribution in [0.1, 0.15) is 37.8 Å². The number of nitrogens with two attached hydrogens (primary N) is 1. The zero-order valence-corrected chi connectivity index (χ0v) is 10.5. The summed E-state index contributed by atoms with van der Waals surface area (Å²) in [5, 5.41) is 0. The van der Waals surface area contributed by atoms with Crippen LogP contribution in [-0.2, 0) is 0 Å². The topological polar surface area (TPSA) is 38.9 Å². The zero-order chi connectivity index (χ0) is 10.4. The molecule has 1 unspecified atom stereocenters. The molecular formula is C11H17ClN2S. The molecule has 0 bridgehead atoms. The van der Waals surface area contributed by atoms with E-state index in [4.69, 9.17) is 18.0 Å². The van der Waals surface area contributed by atoms with Crippen LogP contribution in [0.15, 0.2) is 24.4 Å². The van der Waals surface area contributed by atoms with E-state index in [1.54, 1.807) is 6.20 Å². The van der Waals surface area contributed by atoms with E-state index < -0.39 is 0 Å². The largest absolute Gasteiger partial charge is 0.393 e. The lowest BCUT2D eigenvalue weighted by atomic mass is 9.98. The second kappa shape index (κ2) is 7.60. The van der Waals surface area contributed by atoms with Crippen molar-refractivity contribution >= 4 is 29.6 Å². The SMILES string of the molecule is CCCCC(C(N)=S)c1ccccn1.Cl. The first kappa shape index (κ1) is 14.3. The van der Waals surface area contributed by atoms with Crippen molar-refractivity contribution in [3.05, 3.63) is 30.1 Å². The average Bonchev–Trinajstić information content (AvgIpc) is 2.19. The molecule has 2 N–H and O–H groups in total. The van der Waals surface area contributed by atoms with Gasteiger partial charge in [0.15, 0.2) is 0 Å². The number of halogens is 1. The van der Waals surface area contributed by atoms with Gasteiger partial charge in [0.2, 0.25) is 0 Å². The molecule has 0 spiro atoms. The summed E-state index contributed by atoms with van der Waals surface area (Å²) in [5.41, 5.74) is 6.69. The highest BCUT2D eigenvalue weighted by Crippen LogP contribution is 2.20. The second-order valence-electron chi connectivity index (χ2n) is 3.35. The second-order valence-corrected chi connectivity index (χ2v) is 3.82. The molecule has 0 fully saturated rings. The van der Waals surface area contributed by atoms with E-state index in [-0.39, 0.29) is 18.3 Å². The highest BCUT2D eigenvalue weighted by molar-refractivity contribution is 7.80. The number of rotatable bonds is 5. The van der Waals surface area contributed by atoms with Crippen molar-refractivity contribution in [2.75, 3.05) is 0 Å². The summed E-state index contributed by atoms with van der Waals surface area (Å²) < 4.78 is 0. The van der Waals surface area contributed by atoms with Gasteiger partial charge in [0.1, 0.15) is 0 Å². The standard InChI is InChI=1S/C11H16N2S.ClH/c1-2-3-6-9(11(12)14)10-7-4-5-8-13-10;/h4-5,7-9H,2-3,6H2,1H3,(H2,12,14);1H. The lowest BCUT2D eigenvalue weighted by Crippen LogP contribution is -2.20. The minimum atomic E-state index is 0. The number of hydrogen-bond donors (Lipinski definition) is 1. The van der Waals surface area contributed by atoms with Crippen LogP contribution in [0.4, 0.5) is 0 Å². The van der Waals surface area contributed by atoms with E-state index in [0.29, 0.717) is 4.99 Å². The minimum Gasteiger partial charge on any atom is -0.393 e. The van der Waals surface area contributed by atoms with Gasteiger partial charge in [-0.15, -0.1) is 12.4 Å². The van der Waals surface area contributed by atoms with Gasteiger partial charge in [-0.1, -0.05) is 38.0 Å². The van der Waals surface area contributed by atoms with Gasteiger partial charge in [-0.05, 0) is 18.6 Å². The summed E-state index contributed by atoms with van der Waals surface area (Å²) in [6, 6.07) is 5.86. The van der Waals surface area contributed by atoms with Crippen LogP contribution in [0.5, 0.6) is 0 Å². The Labute approximate surface area is 103 Å². The molecule has 0 amide bonds. The molecule has 0 aliphatic carbocycles. The molecule has 0 aromatic carbocycles. The van der Waals surface area contributed by atoms with Crippen molar-refractivity contribution in [3.63, 3.8) is 0 Å². The molecule has 15 heavy (non-hydrogen) atoms. The van der Waals surface area contributed by atoms with Crippen LogP contribution < -0.4 is 5.73 Å². The van der Waals surface area contributed by atoms with Crippen LogP contribution in [0, 0.1) is 0 Å². The van der Waals surface area contributed by atoms with Crippen molar-refractivity contribution in [2.24, 2.45) is 5.73 Å². The Kier molecular flexibility index (Phi) is 7.26. The summed E-state index contributed by atoms with van der Waals surface area (Å²) >= 11 is 5.05. The molecule has 1 heterocycles. The maximum atomic E-state index is 5.70. The lowest BCUT2D eigenvalue weighted by molar-refractivity contribution is 0.674. The zero-order valence-electron chi connectivity index (χ0n) is 8.85. The smallest absolute Gasteiger partial charge is 0.0819 e. The summed E-state index contributed by atoms with van der Waals surface area (Å²) in [4.78, 5) is 4.84. The summed E-state index contributed by atoms with van der Waals surface area (Å²) in [6.45, 7) is 2.16. The van der Waals surface area contributed by atoms with Crippen LogP contribution in [0.2, 0.25) is 0 Å². The van der Waals surface area contributed by atoms with Gasteiger partial charge < -0.3 is 5.73 Å². The van der Waals surface area contributed by atoms with Gasteiger partial charge >= 0.3 is 0 Å². The minimum absolute atomic E-state index is 0. The number of thiocarbonyl (C=S) groups is 1. The maximum Gasteiger partial charge on any atom is 0.0819 e. The van der Waals surface area contributed by atoms with Gasteiger partial charge in [0.05, 0.1) is 16.6 Å². The molecule has 0 radical (unpaired) electrons. The Bertz CT molecular complexity index is 290. The summed E-state index contributed by atoms with van der Waals surface area (Å²) in [6.07, 6.45) is 5.08. The predicted octanol–water partition coefficient (Wildman–Crippen LogP) is 3.06. The average molecular weight is 245 g/mol. The Morgan fingerprint density at radius 1 is 1.53 bits per heavy atom. The van der Waals surface area contributed by atoms with E-state index >= 15 is 0 Å². The third-order valence-corrected chi connectivity index (χ3v) is 2.52. The van der Waals surface area contributed by atoms with Crippen LogP contribution >= 0.6 is 24.6 Å². The Hall–Kier alpha value is -0.670. The molecule has 1 aromatic heterocycles. The molecule has 84 valence electrons. The molecule has 0 saturated heterocycles. The summed E-state index contributed by atoms with van der Waals surface area (Å²) in [5.74, 6) is 0.145. The van der Waals surface area contributed by atoms with E-state index in [9.17, 15) is 0 Å². The lowest BCUT2D eigenvalue weighted by Gasteiger charge is -2.13. The molecule has 4 heteroatoms. The quantitative estimate of drug-likeness (QED) is 0.810. The molecule has 1 atom stereocenters. The molecule has 0 saturated carbocycles. The van der Waals surface area contributed by atoms with Gasteiger partial charge in [-0.3, -0.25) is 4.98 Å². The highest BCUT2D eigenvalue weighted by atomic mass is 35.5. The summed E-state index contributed by atoms with van der Waals surface area (Å²) in [7, 11) is 0. The van der Waals surface area contributed by atoms with E-state index in [2.05, 4.69) is 11.9 Å². The molecule has 0 aliphatic rings. The van der Waals surface area contributed by atoms with Crippen LogP contribution in [-0.4, -0.2) is 9.97 Å².